The van der Waals surface area contributed by atoms with Gasteiger partial charge in [-0.05, 0) is 44.0 Å². The molecule has 0 nitrogen and oxygen atoms in total. The van der Waals surface area contributed by atoms with Crippen molar-refractivity contribution in [1.29, 1.82) is 0 Å². The van der Waals surface area contributed by atoms with Crippen molar-refractivity contribution < 1.29 is 0 Å². The molecule has 0 spiro atoms. The zero-order valence-electron chi connectivity index (χ0n) is 4.70. The van der Waals surface area contributed by atoms with E-state index in [1.54, 1.807) is 0 Å². The zero-order chi connectivity index (χ0) is 7.72. The van der Waals surface area contributed by atoms with Crippen molar-refractivity contribution in [2.75, 3.05) is 0 Å². The van der Waals surface area contributed by atoms with E-state index < -0.39 is 0 Å². The molecule has 10 heavy (non-hydrogen) atoms. The molecular formula is C6H2Br3S. The Balaban J connectivity index is 3.31. The maximum atomic E-state index is 5.04. The molecule has 0 aliphatic heterocycles. The van der Waals surface area contributed by atoms with Crippen molar-refractivity contribution in [2.45, 2.75) is 4.90 Å². The van der Waals surface area contributed by atoms with Gasteiger partial charge in [-0.2, -0.15) is 0 Å². The third-order valence-corrected chi connectivity index (χ3v) is 3.64. The van der Waals surface area contributed by atoms with Crippen LogP contribution in [0.25, 0.3) is 0 Å². The van der Waals surface area contributed by atoms with Gasteiger partial charge in [0.1, 0.15) is 0 Å². The van der Waals surface area contributed by atoms with E-state index in [4.69, 9.17) is 12.6 Å². The van der Waals surface area contributed by atoms with Crippen LogP contribution in [0.4, 0.5) is 0 Å². The lowest BCUT2D eigenvalue weighted by atomic mass is 10.4. The van der Waals surface area contributed by atoms with E-state index in [0.717, 1.165) is 18.3 Å². The maximum Gasteiger partial charge on any atom is 0.0661 e. The summed E-state index contributed by atoms with van der Waals surface area (Å²) in [6, 6.07) is 3.85. The molecule has 0 saturated carbocycles. The Morgan fingerprint density at radius 2 is 1.40 bits per heavy atom. The SMILES string of the molecule is [S]c1c(Br)cc(Br)cc1Br. The molecule has 0 aromatic heterocycles. The van der Waals surface area contributed by atoms with E-state index in [2.05, 4.69) is 47.8 Å². The Hall–Kier alpha value is 0.880. The van der Waals surface area contributed by atoms with Crippen LogP contribution in [0, 0.1) is 0 Å². The molecule has 0 heterocycles. The van der Waals surface area contributed by atoms with Gasteiger partial charge in [-0.25, -0.2) is 0 Å². The number of benzene rings is 1. The lowest BCUT2D eigenvalue weighted by molar-refractivity contribution is 1.35. The monoisotopic (exact) mass is 343 g/mol. The predicted octanol–water partition coefficient (Wildman–Crippen LogP) is 4.53. The number of halogens is 3. The minimum Gasteiger partial charge on any atom is -0.0776 e. The summed E-state index contributed by atoms with van der Waals surface area (Å²) in [5.74, 6) is 0. The quantitative estimate of drug-likeness (QED) is 0.648. The molecule has 1 aromatic rings. The van der Waals surface area contributed by atoms with Crippen LogP contribution in [0.3, 0.4) is 0 Å². The van der Waals surface area contributed by atoms with Gasteiger partial charge in [0.2, 0.25) is 0 Å². The summed E-state index contributed by atoms with van der Waals surface area (Å²) in [7, 11) is 0. The van der Waals surface area contributed by atoms with Crippen LogP contribution in [0.1, 0.15) is 0 Å². The summed E-state index contributed by atoms with van der Waals surface area (Å²) >= 11 is 15.0. The fourth-order valence-electron chi connectivity index (χ4n) is 0.529. The van der Waals surface area contributed by atoms with Gasteiger partial charge in [0, 0.05) is 13.4 Å². The van der Waals surface area contributed by atoms with E-state index in [1.807, 2.05) is 12.1 Å². The molecule has 1 aromatic carbocycles. The average molecular weight is 346 g/mol. The Kier molecular flexibility index (Phi) is 3.16. The van der Waals surface area contributed by atoms with Crippen molar-refractivity contribution in [3.8, 4) is 0 Å². The molecule has 0 unspecified atom stereocenters. The number of hydrogen-bond donors (Lipinski definition) is 0. The molecule has 0 bridgehead atoms. The first kappa shape index (κ1) is 8.97. The average Bonchev–Trinajstić information content (AvgIpc) is 1.82. The highest BCUT2D eigenvalue weighted by Crippen LogP contribution is 2.31. The van der Waals surface area contributed by atoms with Crippen molar-refractivity contribution >= 4 is 60.4 Å². The lowest BCUT2D eigenvalue weighted by Gasteiger charge is -1.98. The molecular weight excluding hydrogens is 344 g/mol. The topological polar surface area (TPSA) is 0 Å². The third-order valence-electron chi connectivity index (χ3n) is 0.963. The summed E-state index contributed by atoms with van der Waals surface area (Å²) in [5.41, 5.74) is 0. The van der Waals surface area contributed by atoms with Gasteiger partial charge in [0.25, 0.3) is 0 Å². The summed E-state index contributed by atoms with van der Waals surface area (Å²) < 4.78 is 2.88. The van der Waals surface area contributed by atoms with Gasteiger partial charge in [0.15, 0.2) is 0 Å². The minimum absolute atomic E-state index is 0.809. The summed E-state index contributed by atoms with van der Waals surface area (Å²) in [4.78, 5) is 0.809. The van der Waals surface area contributed by atoms with Crippen molar-refractivity contribution in [1.82, 2.24) is 0 Å². The van der Waals surface area contributed by atoms with E-state index in [9.17, 15) is 0 Å². The highest BCUT2D eigenvalue weighted by molar-refractivity contribution is 9.11. The molecule has 0 saturated heterocycles. The Bertz CT molecular complexity index is 236. The molecule has 1 rings (SSSR count). The van der Waals surface area contributed by atoms with Crippen molar-refractivity contribution in [2.24, 2.45) is 0 Å². The van der Waals surface area contributed by atoms with Crippen LogP contribution < -0.4 is 0 Å². The predicted molar refractivity (Wildman–Crippen MR) is 55.4 cm³/mol. The molecule has 0 aliphatic carbocycles. The summed E-state index contributed by atoms with van der Waals surface area (Å²) in [5, 5.41) is 0. The smallest absolute Gasteiger partial charge is 0.0661 e. The normalized spacial score (nSPS) is 9.90. The molecule has 0 aliphatic rings. The first-order valence-electron chi connectivity index (χ1n) is 2.43. The van der Waals surface area contributed by atoms with Crippen molar-refractivity contribution in [3.63, 3.8) is 0 Å². The van der Waals surface area contributed by atoms with Crippen LogP contribution in [0.2, 0.25) is 0 Å². The van der Waals surface area contributed by atoms with Crippen LogP contribution in [0.15, 0.2) is 30.4 Å². The molecule has 53 valence electrons. The number of rotatable bonds is 0. The largest absolute Gasteiger partial charge is 0.0776 e. The third kappa shape index (κ3) is 1.94. The minimum atomic E-state index is 0.809. The Morgan fingerprint density at radius 1 is 1.00 bits per heavy atom. The van der Waals surface area contributed by atoms with E-state index in [-0.39, 0.29) is 0 Å². The highest BCUT2D eigenvalue weighted by Gasteiger charge is 2.02. The highest BCUT2D eigenvalue weighted by atomic mass is 79.9. The van der Waals surface area contributed by atoms with Gasteiger partial charge in [-0.3, -0.25) is 0 Å². The second-order valence-corrected chi connectivity index (χ2v) is 4.73. The van der Waals surface area contributed by atoms with Crippen LogP contribution in [-0.4, -0.2) is 0 Å². The van der Waals surface area contributed by atoms with Gasteiger partial charge in [-0.15, -0.1) is 0 Å². The molecule has 4 heteroatoms. The van der Waals surface area contributed by atoms with E-state index in [0.29, 0.717) is 0 Å². The Labute approximate surface area is 90.2 Å². The van der Waals surface area contributed by atoms with Crippen LogP contribution >= 0.6 is 60.4 Å². The second kappa shape index (κ2) is 3.52. The molecule has 1 radical (unpaired) electrons. The van der Waals surface area contributed by atoms with E-state index in [1.165, 1.54) is 0 Å². The molecule has 0 fully saturated rings. The van der Waals surface area contributed by atoms with Gasteiger partial charge < -0.3 is 0 Å². The Morgan fingerprint density at radius 3 is 1.80 bits per heavy atom. The second-order valence-electron chi connectivity index (χ2n) is 1.70. The van der Waals surface area contributed by atoms with Crippen LogP contribution in [0.5, 0.6) is 0 Å². The van der Waals surface area contributed by atoms with Gasteiger partial charge in [0.05, 0.1) is 4.90 Å². The molecule has 0 N–H and O–H groups in total. The lowest BCUT2D eigenvalue weighted by Crippen LogP contribution is -1.73. The summed E-state index contributed by atoms with van der Waals surface area (Å²) in [6.45, 7) is 0. The summed E-state index contributed by atoms with van der Waals surface area (Å²) in [6.07, 6.45) is 0. The standard InChI is InChI=1S/C6H2Br3S/c7-3-1-4(8)6(10)5(9)2-3/h1-2H. The number of hydrogen-bond acceptors (Lipinski definition) is 0. The molecule has 0 atom stereocenters. The first-order valence-corrected chi connectivity index (χ1v) is 5.21. The van der Waals surface area contributed by atoms with Gasteiger partial charge in [-0.1, -0.05) is 28.6 Å². The zero-order valence-corrected chi connectivity index (χ0v) is 10.3. The fourth-order valence-corrected chi connectivity index (χ4v) is 2.91. The van der Waals surface area contributed by atoms with Crippen LogP contribution in [-0.2, 0) is 0 Å². The molecule has 0 amide bonds. The fraction of sp³-hybridized carbons (Fsp3) is 0. The van der Waals surface area contributed by atoms with Gasteiger partial charge >= 0.3 is 0 Å². The van der Waals surface area contributed by atoms with Crippen molar-refractivity contribution in [3.05, 3.63) is 25.6 Å². The first-order chi connectivity index (χ1) is 4.61. The van der Waals surface area contributed by atoms with E-state index >= 15 is 0 Å². The maximum absolute atomic E-state index is 5.04.